The number of fused-ring (bicyclic) bond motifs is 3. The molecule has 2 heterocycles. The van der Waals surface area contributed by atoms with E-state index in [1.54, 1.807) is 28.8 Å². The summed E-state index contributed by atoms with van der Waals surface area (Å²) in [4.78, 5) is 0.609. The highest BCUT2D eigenvalue weighted by Gasteiger charge is 2.14. The number of ether oxygens (including phenoxy) is 1. The predicted molar refractivity (Wildman–Crippen MR) is 73.3 cm³/mol. The topological polar surface area (TPSA) is 66.4 Å². The molecule has 18 heavy (non-hydrogen) atoms. The van der Waals surface area contributed by atoms with Gasteiger partial charge in [-0.25, -0.2) is 4.52 Å². The van der Waals surface area contributed by atoms with E-state index < -0.39 is 0 Å². The van der Waals surface area contributed by atoms with E-state index in [-0.39, 0.29) is 0 Å². The van der Waals surface area contributed by atoms with Crippen molar-refractivity contribution >= 4 is 39.3 Å². The molecule has 0 bridgehead atoms. The molecule has 0 aliphatic heterocycles. The largest absolute Gasteiger partial charge is 0.594 e. The van der Waals surface area contributed by atoms with Crippen molar-refractivity contribution in [2.24, 2.45) is 0 Å². The van der Waals surface area contributed by atoms with Gasteiger partial charge in [-0.1, -0.05) is 0 Å². The highest BCUT2D eigenvalue weighted by Crippen LogP contribution is 2.19. The molecule has 0 atom stereocenters. The fourth-order valence-electron chi connectivity index (χ4n) is 1.83. The molecule has 0 aliphatic carbocycles. The van der Waals surface area contributed by atoms with Crippen molar-refractivity contribution in [3.05, 3.63) is 33.2 Å². The average Bonchev–Trinajstić information content (AvgIpc) is 2.70. The van der Waals surface area contributed by atoms with Crippen LogP contribution in [0, 0.1) is 8.91 Å². The van der Waals surface area contributed by atoms with Crippen molar-refractivity contribution in [1.82, 2.24) is 14.7 Å². The van der Waals surface area contributed by atoms with E-state index in [0.29, 0.717) is 33.9 Å². The van der Waals surface area contributed by atoms with Gasteiger partial charge in [0.2, 0.25) is 5.65 Å². The molecule has 0 saturated heterocycles. The lowest BCUT2D eigenvalue weighted by atomic mass is 10.3. The van der Waals surface area contributed by atoms with Gasteiger partial charge in [-0.05, 0) is 40.4 Å². The maximum atomic E-state index is 11.8. The lowest BCUT2D eigenvalue weighted by Crippen LogP contribution is -2.33. The van der Waals surface area contributed by atoms with Crippen LogP contribution in [0.25, 0.3) is 16.7 Å². The van der Waals surface area contributed by atoms with Gasteiger partial charge in [-0.3, -0.25) is 0 Å². The van der Waals surface area contributed by atoms with Crippen molar-refractivity contribution in [1.29, 1.82) is 0 Å². The Morgan fingerprint density at radius 1 is 1.44 bits per heavy atom. The maximum absolute atomic E-state index is 11.8. The van der Waals surface area contributed by atoms with Gasteiger partial charge < -0.3 is 9.94 Å². The number of rotatable bonds is 2. The van der Waals surface area contributed by atoms with Crippen LogP contribution in [0.4, 0.5) is 0 Å². The van der Waals surface area contributed by atoms with Crippen LogP contribution in [0.15, 0.2) is 24.3 Å². The first kappa shape index (κ1) is 11.5. The van der Waals surface area contributed by atoms with Crippen molar-refractivity contribution in [3.63, 3.8) is 0 Å². The van der Waals surface area contributed by atoms with Crippen LogP contribution in [-0.4, -0.2) is 21.3 Å². The second-order valence-corrected chi connectivity index (χ2v) is 4.80. The van der Waals surface area contributed by atoms with Crippen LogP contribution in [0.3, 0.4) is 0 Å². The van der Waals surface area contributed by atoms with E-state index >= 15 is 0 Å². The molecule has 0 amide bonds. The van der Waals surface area contributed by atoms with Gasteiger partial charge in [0.05, 0.1) is 6.61 Å². The van der Waals surface area contributed by atoms with E-state index in [1.807, 2.05) is 6.92 Å². The predicted octanol–water partition coefficient (Wildman–Crippen LogP) is 1.52. The molecule has 0 saturated carbocycles. The molecule has 0 spiro atoms. The van der Waals surface area contributed by atoms with Crippen LogP contribution in [0.2, 0.25) is 0 Å². The summed E-state index contributed by atoms with van der Waals surface area (Å²) >= 11 is 2.09. The van der Waals surface area contributed by atoms with E-state index in [4.69, 9.17) is 4.74 Å². The average molecular weight is 356 g/mol. The highest BCUT2D eigenvalue weighted by molar-refractivity contribution is 14.1. The molecule has 0 N–H and O–H groups in total. The van der Waals surface area contributed by atoms with Crippen molar-refractivity contribution < 1.29 is 9.58 Å². The zero-order chi connectivity index (χ0) is 12.7. The molecule has 0 unspecified atom stereocenters. The lowest BCUT2D eigenvalue weighted by molar-refractivity contribution is -0.640. The number of benzene rings is 1. The SMILES string of the molecule is CCOc1ccc2c(c1)n1nc(I)cc1n[n+]2[O-]. The van der Waals surface area contributed by atoms with Gasteiger partial charge in [0.1, 0.15) is 15.0 Å². The standard InChI is InChI=1S/C11H9IN4O2/c1-2-18-7-3-4-8-9(5-7)15-11(14-16(8)17)6-10(12)13-15/h3-6H,2H2,1H3. The van der Waals surface area contributed by atoms with Gasteiger partial charge in [-0.15, -0.1) is 0 Å². The maximum Gasteiger partial charge on any atom is 0.270 e. The number of hydrogen-bond donors (Lipinski definition) is 0. The lowest BCUT2D eigenvalue weighted by Gasteiger charge is -2.05. The van der Waals surface area contributed by atoms with Gasteiger partial charge in [-0.2, -0.15) is 5.10 Å². The number of aromatic nitrogens is 4. The Hall–Kier alpha value is -1.64. The molecule has 2 aromatic heterocycles. The third-order valence-electron chi connectivity index (χ3n) is 2.55. The van der Waals surface area contributed by atoms with Gasteiger partial charge in [0, 0.05) is 23.3 Å². The summed E-state index contributed by atoms with van der Waals surface area (Å²) in [5, 5.41) is 20.0. The quantitative estimate of drug-likeness (QED) is 0.397. The van der Waals surface area contributed by atoms with Crippen molar-refractivity contribution in [2.75, 3.05) is 6.61 Å². The smallest absolute Gasteiger partial charge is 0.270 e. The molecule has 3 rings (SSSR count). The van der Waals surface area contributed by atoms with E-state index in [1.165, 1.54) is 0 Å². The van der Waals surface area contributed by atoms with E-state index in [9.17, 15) is 5.21 Å². The Balaban J connectivity index is 2.39. The highest BCUT2D eigenvalue weighted by atomic mass is 127. The number of nitrogens with zero attached hydrogens (tertiary/aromatic N) is 4. The Bertz CT molecular complexity index is 741. The molecule has 7 heteroatoms. The third kappa shape index (κ3) is 1.74. The molecule has 92 valence electrons. The molecule has 0 radical (unpaired) electrons. The van der Waals surface area contributed by atoms with Crippen molar-refractivity contribution in [3.8, 4) is 5.75 Å². The van der Waals surface area contributed by atoms with Crippen molar-refractivity contribution in [2.45, 2.75) is 6.92 Å². The summed E-state index contributed by atoms with van der Waals surface area (Å²) < 4.78 is 7.87. The summed E-state index contributed by atoms with van der Waals surface area (Å²) in [5.41, 5.74) is 1.67. The summed E-state index contributed by atoms with van der Waals surface area (Å²) in [6, 6.07) is 6.99. The zero-order valence-corrected chi connectivity index (χ0v) is 11.7. The molecular formula is C11H9IN4O2. The summed E-state index contributed by atoms with van der Waals surface area (Å²) in [6.45, 7) is 2.49. The van der Waals surface area contributed by atoms with Crippen LogP contribution >= 0.6 is 22.6 Å². The normalized spacial score (nSPS) is 11.2. The Morgan fingerprint density at radius 2 is 2.28 bits per heavy atom. The Morgan fingerprint density at radius 3 is 3.06 bits per heavy atom. The molecular weight excluding hydrogens is 347 g/mol. The van der Waals surface area contributed by atoms with Crippen LogP contribution in [0.1, 0.15) is 6.92 Å². The molecule has 6 nitrogen and oxygen atoms in total. The summed E-state index contributed by atoms with van der Waals surface area (Å²) in [5.74, 6) is 0.711. The monoisotopic (exact) mass is 356 g/mol. The number of halogens is 1. The first-order valence-electron chi connectivity index (χ1n) is 5.40. The number of hydrogen-bond acceptors (Lipinski definition) is 4. The molecule has 0 fully saturated rings. The van der Waals surface area contributed by atoms with E-state index in [2.05, 4.69) is 32.8 Å². The molecule has 3 aromatic rings. The third-order valence-corrected chi connectivity index (χ3v) is 3.07. The minimum absolute atomic E-state index is 0.463. The minimum Gasteiger partial charge on any atom is -0.594 e. The van der Waals surface area contributed by atoms with Gasteiger partial charge in [0.25, 0.3) is 5.52 Å². The Labute approximate surface area is 116 Å². The molecule has 1 aromatic carbocycles. The summed E-state index contributed by atoms with van der Waals surface area (Å²) in [6.07, 6.45) is 0. The second-order valence-electron chi connectivity index (χ2n) is 3.69. The molecule has 0 aliphatic rings. The zero-order valence-electron chi connectivity index (χ0n) is 9.50. The first-order valence-corrected chi connectivity index (χ1v) is 6.48. The second kappa shape index (κ2) is 4.23. The fraction of sp³-hybridized carbons (Fsp3) is 0.182. The van der Waals surface area contributed by atoms with Gasteiger partial charge >= 0.3 is 0 Å². The van der Waals surface area contributed by atoms with Crippen LogP contribution < -0.4 is 9.58 Å². The van der Waals surface area contributed by atoms with E-state index in [0.717, 1.165) is 3.70 Å². The fourth-order valence-corrected chi connectivity index (χ4v) is 2.32. The first-order chi connectivity index (χ1) is 8.69. The van der Waals surface area contributed by atoms with Crippen LogP contribution in [-0.2, 0) is 0 Å². The Kier molecular flexibility index (Phi) is 2.69. The minimum atomic E-state index is 0.463. The van der Waals surface area contributed by atoms with Crippen LogP contribution in [0.5, 0.6) is 5.75 Å². The summed E-state index contributed by atoms with van der Waals surface area (Å²) in [7, 11) is 0. The van der Waals surface area contributed by atoms with Gasteiger partial charge in [0.15, 0.2) is 0 Å².